The molecule has 0 unspecified atom stereocenters. The van der Waals surface area contributed by atoms with Crippen molar-refractivity contribution in [2.45, 2.75) is 0 Å². The second-order valence-electron chi connectivity index (χ2n) is 6.43. The van der Waals surface area contributed by atoms with Crippen LogP contribution in [0.1, 0.15) is 0 Å². The van der Waals surface area contributed by atoms with Crippen molar-refractivity contribution >= 4 is 40.1 Å². The van der Waals surface area contributed by atoms with Crippen molar-refractivity contribution in [2.75, 3.05) is 19.1 Å². The summed E-state index contributed by atoms with van der Waals surface area (Å²) in [5, 5.41) is 1.66. The monoisotopic (exact) mass is 405 g/mol. The van der Waals surface area contributed by atoms with Crippen LogP contribution in [0.3, 0.4) is 0 Å². The van der Waals surface area contributed by atoms with Gasteiger partial charge < -0.3 is 14.9 Å². The molecule has 0 saturated carbocycles. The van der Waals surface area contributed by atoms with Crippen LogP contribution in [0.2, 0.25) is 5.02 Å². The number of fused-ring (bicyclic) bond motifs is 1. The normalized spacial score (nSPS) is 11.6. The highest BCUT2D eigenvalue weighted by molar-refractivity contribution is 6.30. The Labute approximate surface area is 174 Å². The van der Waals surface area contributed by atoms with Gasteiger partial charge in [-0.15, -0.1) is 0 Å². The van der Waals surface area contributed by atoms with Gasteiger partial charge in [0.25, 0.3) is 0 Å². The maximum Gasteiger partial charge on any atom is 0.208 e. The largest absolute Gasteiger partial charge is 0.495 e. The molecule has 146 valence electrons. The van der Waals surface area contributed by atoms with Crippen molar-refractivity contribution in [2.24, 2.45) is 10.7 Å². The highest BCUT2D eigenvalue weighted by atomic mass is 35.5. The smallest absolute Gasteiger partial charge is 0.208 e. The molecule has 0 aliphatic rings. The van der Waals surface area contributed by atoms with Crippen LogP contribution in [0.5, 0.6) is 5.75 Å². The van der Waals surface area contributed by atoms with Crippen molar-refractivity contribution < 1.29 is 9.15 Å². The number of rotatable bonds is 4. The summed E-state index contributed by atoms with van der Waals surface area (Å²) in [6.45, 7) is 0. The number of halogens is 1. The molecule has 4 aromatic rings. The van der Waals surface area contributed by atoms with E-state index in [1.807, 2.05) is 72.8 Å². The molecule has 0 radical (unpaired) electrons. The number of para-hydroxylation sites is 1. The number of furan rings is 1. The van der Waals surface area contributed by atoms with Crippen LogP contribution in [0.25, 0.3) is 22.1 Å². The highest BCUT2D eigenvalue weighted by Gasteiger charge is 2.22. The Kier molecular flexibility index (Phi) is 5.14. The van der Waals surface area contributed by atoms with Crippen molar-refractivity contribution in [1.29, 1.82) is 0 Å². The standard InChI is InChI=1S/C23H20ClN3O2/c1-26-23(25)27(22-14-17-5-3-4-6-20(17)29-22)19-13-16(9-12-21(19)28-2)15-7-10-18(24)11-8-15/h3-14H,1-2H3,(H2,25,26). The quantitative estimate of drug-likeness (QED) is 0.342. The summed E-state index contributed by atoms with van der Waals surface area (Å²) in [7, 11) is 3.26. The lowest BCUT2D eigenvalue weighted by Gasteiger charge is -2.23. The van der Waals surface area contributed by atoms with E-state index in [-0.39, 0.29) is 5.96 Å². The average molecular weight is 406 g/mol. The van der Waals surface area contributed by atoms with Gasteiger partial charge >= 0.3 is 0 Å². The van der Waals surface area contributed by atoms with Crippen LogP contribution in [0.15, 0.2) is 82.2 Å². The number of guanidine groups is 1. The van der Waals surface area contributed by atoms with E-state index in [0.29, 0.717) is 16.7 Å². The second-order valence-corrected chi connectivity index (χ2v) is 6.87. The second kappa shape index (κ2) is 7.89. The minimum Gasteiger partial charge on any atom is -0.495 e. The number of methoxy groups -OCH3 is 1. The topological polar surface area (TPSA) is 64.0 Å². The number of hydrogen-bond acceptors (Lipinski definition) is 3. The van der Waals surface area contributed by atoms with Gasteiger partial charge in [-0.2, -0.15) is 0 Å². The van der Waals surface area contributed by atoms with Crippen LogP contribution < -0.4 is 15.4 Å². The third-order valence-corrected chi connectivity index (χ3v) is 4.94. The summed E-state index contributed by atoms with van der Waals surface area (Å²) < 4.78 is 11.7. The van der Waals surface area contributed by atoms with E-state index >= 15 is 0 Å². The fraction of sp³-hybridized carbons (Fsp3) is 0.0870. The minimum atomic E-state index is 0.288. The van der Waals surface area contributed by atoms with Gasteiger partial charge in [-0.1, -0.05) is 48.0 Å². The number of nitrogens with two attached hydrogens (primary N) is 1. The molecule has 0 spiro atoms. The minimum absolute atomic E-state index is 0.288. The molecule has 29 heavy (non-hydrogen) atoms. The number of anilines is 2. The fourth-order valence-corrected chi connectivity index (χ4v) is 3.35. The highest BCUT2D eigenvalue weighted by Crippen LogP contribution is 2.39. The Hall–Kier alpha value is -3.44. The maximum absolute atomic E-state index is 6.28. The van der Waals surface area contributed by atoms with Gasteiger partial charge in [0.15, 0.2) is 0 Å². The molecule has 0 saturated heterocycles. The molecule has 1 heterocycles. The third kappa shape index (κ3) is 3.65. The molecule has 0 fully saturated rings. The predicted molar refractivity (Wildman–Crippen MR) is 119 cm³/mol. The molecular formula is C23H20ClN3O2. The Balaban J connectivity index is 1.89. The first-order valence-corrected chi connectivity index (χ1v) is 9.43. The molecule has 0 bridgehead atoms. The lowest BCUT2D eigenvalue weighted by atomic mass is 10.0. The van der Waals surface area contributed by atoms with Crippen molar-refractivity contribution in [3.05, 3.63) is 77.8 Å². The molecule has 0 atom stereocenters. The van der Waals surface area contributed by atoms with Crippen molar-refractivity contribution in [1.82, 2.24) is 0 Å². The number of benzene rings is 3. The Morgan fingerprint density at radius 1 is 1.00 bits per heavy atom. The predicted octanol–water partition coefficient (Wildman–Crippen LogP) is 5.84. The van der Waals surface area contributed by atoms with Crippen LogP contribution in [-0.2, 0) is 0 Å². The maximum atomic E-state index is 6.28. The molecule has 0 amide bonds. The van der Waals surface area contributed by atoms with E-state index < -0.39 is 0 Å². The lowest BCUT2D eigenvalue weighted by molar-refractivity contribution is 0.415. The molecule has 0 aliphatic carbocycles. The van der Waals surface area contributed by atoms with Crippen molar-refractivity contribution in [3.63, 3.8) is 0 Å². The van der Waals surface area contributed by atoms with Gasteiger partial charge in [-0.25, -0.2) is 4.90 Å². The zero-order valence-electron chi connectivity index (χ0n) is 16.1. The number of hydrogen-bond donors (Lipinski definition) is 1. The Bertz CT molecular complexity index is 1150. The van der Waals surface area contributed by atoms with Gasteiger partial charge in [-0.3, -0.25) is 4.99 Å². The summed E-state index contributed by atoms with van der Waals surface area (Å²) in [6, 6.07) is 23.3. The molecule has 0 aliphatic heterocycles. The zero-order valence-corrected chi connectivity index (χ0v) is 16.9. The SMILES string of the molecule is CN=C(N)N(c1cc2ccccc2o1)c1cc(-c2ccc(Cl)cc2)ccc1OC. The van der Waals surface area contributed by atoms with Crippen molar-refractivity contribution in [3.8, 4) is 16.9 Å². The van der Waals surface area contributed by atoms with Gasteiger partial charge in [-0.05, 0) is 41.5 Å². The summed E-state index contributed by atoms with van der Waals surface area (Å²) in [5.74, 6) is 1.49. The molecule has 2 N–H and O–H groups in total. The molecule has 5 nitrogen and oxygen atoms in total. The first-order valence-electron chi connectivity index (χ1n) is 9.05. The van der Waals surface area contributed by atoms with E-state index in [4.69, 9.17) is 26.5 Å². The van der Waals surface area contributed by atoms with E-state index in [2.05, 4.69) is 4.99 Å². The van der Waals surface area contributed by atoms with Crippen LogP contribution >= 0.6 is 11.6 Å². The summed E-state index contributed by atoms with van der Waals surface area (Å²) >= 11 is 6.03. The number of nitrogens with zero attached hydrogens (tertiary/aromatic N) is 2. The zero-order chi connectivity index (χ0) is 20.4. The molecule has 4 rings (SSSR count). The van der Waals surface area contributed by atoms with Crippen LogP contribution in [0, 0.1) is 0 Å². The number of aliphatic imine (C=N–C) groups is 1. The lowest BCUT2D eigenvalue weighted by Crippen LogP contribution is -2.33. The third-order valence-electron chi connectivity index (χ3n) is 4.69. The molecule has 6 heteroatoms. The van der Waals surface area contributed by atoms with E-state index in [0.717, 1.165) is 27.8 Å². The summed E-state index contributed by atoms with van der Waals surface area (Å²) in [6.07, 6.45) is 0. The first kappa shape index (κ1) is 18.9. The Morgan fingerprint density at radius 3 is 2.41 bits per heavy atom. The van der Waals surface area contributed by atoms with E-state index in [1.54, 1.807) is 19.1 Å². The van der Waals surface area contributed by atoms with Crippen LogP contribution in [0.4, 0.5) is 11.6 Å². The Morgan fingerprint density at radius 2 is 1.72 bits per heavy atom. The van der Waals surface area contributed by atoms with Gasteiger partial charge in [0.05, 0.1) is 12.8 Å². The van der Waals surface area contributed by atoms with E-state index in [9.17, 15) is 0 Å². The summed E-state index contributed by atoms with van der Waals surface area (Å²) in [5.41, 5.74) is 9.78. The number of ether oxygens (including phenoxy) is 1. The summed E-state index contributed by atoms with van der Waals surface area (Å²) in [4.78, 5) is 5.94. The fourth-order valence-electron chi connectivity index (χ4n) is 3.22. The molecule has 1 aromatic heterocycles. The van der Waals surface area contributed by atoms with Gasteiger partial charge in [0, 0.05) is 23.5 Å². The first-order chi connectivity index (χ1) is 14.1. The van der Waals surface area contributed by atoms with Gasteiger partial charge in [0.1, 0.15) is 11.3 Å². The molecule has 3 aromatic carbocycles. The van der Waals surface area contributed by atoms with E-state index in [1.165, 1.54) is 0 Å². The average Bonchev–Trinajstić information content (AvgIpc) is 3.17. The molecular weight excluding hydrogens is 386 g/mol. The van der Waals surface area contributed by atoms with Gasteiger partial charge in [0.2, 0.25) is 11.8 Å². The van der Waals surface area contributed by atoms with Crippen LogP contribution in [-0.4, -0.2) is 20.1 Å².